The minimum absolute atomic E-state index is 0.213. The van der Waals surface area contributed by atoms with E-state index in [0.29, 0.717) is 12.2 Å². The molecule has 4 N–H and O–H groups in total. The van der Waals surface area contributed by atoms with Crippen LogP contribution in [0.4, 0.5) is 5.82 Å². The summed E-state index contributed by atoms with van der Waals surface area (Å²) < 4.78 is 0. The molecule has 6 heteroatoms. The molecule has 0 radical (unpaired) electrons. The molecule has 1 heterocycles. The van der Waals surface area contributed by atoms with E-state index in [1.54, 1.807) is 19.1 Å². The molecule has 1 rings (SSSR count). The van der Waals surface area contributed by atoms with Gasteiger partial charge in [0.05, 0.1) is 11.5 Å². The summed E-state index contributed by atoms with van der Waals surface area (Å²) in [5, 5.41) is 12.1. The lowest BCUT2D eigenvalue weighted by Gasteiger charge is -2.17. The molecule has 6 nitrogen and oxygen atoms in total. The van der Waals surface area contributed by atoms with E-state index in [1.807, 2.05) is 13.8 Å². The van der Waals surface area contributed by atoms with Crippen molar-refractivity contribution < 1.29 is 14.7 Å². The van der Waals surface area contributed by atoms with E-state index in [9.17, 15) is 14.7 Å². The van der Waals surface area contributed by atoms with Gasteiger partial charge in [-0.2, -0.15) is 0 Å². The second kappa shape index (κ2) is 6.88. The lowest BCUT2D eigenvalue weighted by molar-refractivity contribution is -0.141. The Morgan fingerprint density at radius 1 is 1.40 bits per heavy atom. The highest BCUT2D eigenvalue weighted by Gasteiger charge is 2.20. The van der Waals surface area contributed by atoms with E-state index in [1.165, 1.54) is 0 Å². The van der Waals surface area contributed by atoms with Gasteiger partial charge in [-0.25, -0.2) is 4.98 Å². The van der Waals surface area contributed by atoms with Crippen molar-refractivity contribution in [3.05, 3.63) is 23.4 Å². The second-order valence-electron chi connectivity index (χ2n) is 5.26. The van der Waals surface area contributed by atoms with Crippen LogP contribution < -0.4 is 11.1 Å². The van der Waals surface area contributed by atoms with Crippen molar-refractivity contribution in [2.75, 3.05) is 11.9 Å². The number of carbonyl (C=O) groups excluding carboxylic acids is 1. The van der Waals surface area contributed by atoms with Gasteiger partial charge >= 0.3 is 5.97 Å². The molecule has 1 aromatic heterocycles. The number of aliphatic carboxylic acids is 1. The minimum atomic E-state index is -0.862. The molecule has 0 bridgehead atoms. The van der Waals surface area contributed by atoms with Gasteiger partial charge in [0, 0.05) is 12.2 Å². The van der Waals surface area contributed by atoms with Crippen LogP contribution in [0.3, 0.4) is 0 Å². The SMILES string of the molecule is Cc1ccc(C(N)=O)c(NCC(CC(C)C)C(=O)O)n1. The number of nitrogens with one attached hydrogen (secondary N) is 1. The largest absolute Gasteiger partial charge is 0.481 e. The normalized spacial score (nSPS) is 12.2. The molecule has 1 atom stereocenters. The van der Waals surface area contributed by atoms with Crippen LogP contribution in [0, 0.1) is 18.8 Å². The Morgan fingerprint density at radius 2 is 2.05 bits per heavy atom. The molecular formula is C14H21N3O3. The number of hydrogen-bond donors (Lipinski definition) is 3. The molecule has 0 fully saturated rings. The first-order valence-electron chi connectivity index (χ1n) is 6.55. The zero-order valence-electron chi connectivity index (χ0n) is 12.0. The minimum Gasteiger partial charge on any atom is -0.481 e. The smallest absolute Gasteiger partial charge is 0.308 e. The lowest BCUT2D eigenvalue weighted by atomic mass is 9.97. The Balaban J connectivity index is 2.84. The summed E-state index contributed by atoms with van der Waals surface area (Å²) in [4.78, 5) is 26.7. The van der Waals surface area contributed by atoms with Gasteiger partial charge in [-0.3, -0.25) is 9.59 Å². The fourth-order valence-electron chi connectivity index (χ4n) is 1.95. The van der Waals surface area contributed by atoms with Crippen LogP contribution in [0.15, 0.2) is 12.1 Å². The number of carboxylic acids is 1. The van der Waals surface area contributed by atoms with Gasteiger partial charge in [0.2, 0.25) is 0 Å². The number of carboxylic acid groups (broad SMARTS) is 1. The van der Waals surface area contributed by atoms with Crippen LogP contribution in [0.2, 0.25) is 0 Å². The Kier molecular flexibility index (Phi) is 5.49. The number of nitrogens with two attached hydrogens (primary N) is 1. The lowest BCUT2D eigenvalue weighted by Crippen LogP contribution is -2.26. The predicted molar refractivity (Wildman–Crippen MR) is 76.6 cm³/mol. The molecule has 0 saturated carbocycles. The molecule has 0 aliphatic carbocycles. The van der Waals surface area contributed by atoms with Crippen molar-refractivity contribution in [1.82, 2.24) is 4.98 Å². The zero-order chi connectivity index (χ0) is 15.3. The Hall–Kier alpha value is -2.11. The monoisotopic (exact) mass is 279 g/mol. The molecule has 110 valence electrons. The predicted octanol–water partition coefficient (Wildman–Crippen LogP) is 1.65. The number of carbonyl (C=O) groups is 2. The fourth-order valence-corrected chi connectivity index (χ4v) is 1.95. The number of aryl methyl sites for hydroxylation is 1. The summed E-state index contributed by atoms with van der Waals surface area (Å²) in [5.41, 5.74) is 6.27. The van der Waals surface area contributed by atoms with Crippen LogP contribution in [-0.4, -0.2) is 28.5 Å². The Labute approximate surface area is 118 Å². The average molecular weight is 279 g/mol. The van der Waals surface area contributed by atoms with Crippen molar-refractivity contribution in [3.63, 3.8) is 0 Å². The Morgan fingerprint density at radius 3 is 2.55 bits per heavy atom. The number of nitrogens with zero attached hydrogens (tertiary/aromatic N) is 1. The van der Waals surface area contributed by atoms with Crippen molar-refractivity contribution in [1.29, 1.82) is 0 Å². The van der Waals surface area contributed by atoms with Crippen molar-refractivity contribution in [3.8, 4) is 0 Å². The molecule has 1 aromatic rings. The van der Waals surface area contributed by atoms with Crippen molar-refractivity contribution in [2.45, 2.75) is 27.2 Å². The van der Waals surface area contributed by atoms with Gasteiger partial charge in [-0.15, -0.1) is 0 Å². The van der Waals surface area contributed by atoms with Gasteiger partial charge in [-0.05, 0) is 31.4 Å². The number of pyridine rings is 1. The van der Waals surface area contributed by atoms with Crippen LogP contribution >= 0.6 is 0 Å². The maximum absolute atomic E-state index is 11.3. The number of anilines is 1. The van der Waals surface area contributed by atoms with E-state index in [0.717, 1.165) is 5.69 Å². The summed E-state index contributed by atoms with van der Waals surface area (Å²) in [5.74, 6) is -1.36. The average Bonchev–Trinajstić information content (AvgIpc) is 2.33. The van der Waals surface area contributed by atoms with Crippen molar-refractivity contribution >= 4 is 17.7 Å². The van der Waals surface area contributed by atoms with Crippen LogP contribution in [0.25, 0.3) is 0 Å². The van der Waals surface area contributed by atoms with E-state index in [-0.39, 0.29) is 18.0 Å². The van der Waals surface area contributed by atoms with E-state index in [4.69, 9.17) is 5.73 Å². The third-order valence-electron chi connectivity index (χ3n) is 2.92. The molecule has 20 heavy (non-hydrogen) atoms. The molecule has 0 saturated heterocycles. The first kappa shape index (κ1) is 15.9. The standard InChI is InChI=1S/C14H21N3O3/c1-8(2)6-10(14(19)20)7-16-13-11(12(15)18)5-4-9(3)17-13/h4-5,8,10H,6-7H2,1-3H3,(H2,15,18)(H,16,17)(H,19,20). The maximum Gasteiger partial charge on any atom is 0.308 e. The second-order valence-corrected chi connectivity index (χ2v) is 5.26. The number of hydrogen-bond acceptors (Lipinski definition) is 4. The zero-order valence-corrected chi connectivity index (χ0v) is 12.0. The van der Waals surface area contributed by atoms with E-state index < -0.39 is 17.8 Å². The molecule has 0 aromatic carbocycles. The third-order valence-corrected chi connectivity index (χ3v) is 2.92. The fraction of sp³-hybridized carbons (Fsp3) is 0.500. The summed E-state index contributed by atoms with van der Waals surface area (Å²) >= 11 is 0. The summed E-state index contributed by atoms with van der Waals surface area (Å²) in [6, 6.07) is 3.28. The number of aromatic nitrogens is 1. The molecular weight excluding hydrogens is 258 g/mol. The summed E-state index contributed by atoms with van der Waals surface area (Å²) in [6.07, 6.45) is 0.556. The first-order chi connectivity index (χ1) is 9.31. The van der Waals surface area contributed by atoms with Gasteiger partial charge < -0.3 is 16.2 Å². The van der Waals surface area contributed by atoms with Gasteiger partial charge in [0.25, 0.3) is 5.91 Å². The first-order valence-corrected chi connectivity index (χ1v) is 6.55. The summed E-state index contributed by atoms with van der Waals surface area (Å²) in [6.45, 7) is 5.94. The van der Waals surface area contributed by atoms with Crippen molar-refractivity contribution in [2.24, 2.45) is 17.6 Å². The van der Waals surface area contributed by atoms with Crippen LogP contribution in [0.5, 0.6) is 0 Å². The van der Waals surface area contributed by atoms with Gasteiger partial charge in [-0.1, -0.05) is 13.8 Å². The molecule has 0 aliphatic heterocycles. The number of rotatable bonds is 7. The molecule has 0 spiro atoms. The van der Waals surface area contributed by atoms with Gasteiger partial charge in [0.1, 0.15) is 5.82 Å². The number of primary amides is 1. The quantitative estimate of drug-likeness (QED) is 0.703. The molecule has 0 aliphatic rings. The maximum atomic E-state index is 11.3. The van der Waals surface area contributed by atoms with Gasteiger partial charge in [0.15, 0.2) is 0 Å². The van der Waals surface area contributed by atoms with E-state index >= 15 is 0 Å². The topological polar surface area (TPSA) is 105 Å². The third kappa shape index (κ3) is 4.53. The highest BCUT2D eigenvalue weighted by molar-refractivity contribution is 5.97. The van der Waals surface area contributed by atoms with Crippen LogP contribution in [0.1, 0.15) is 36.3 Å². The molecule has 1 amide bonds. The van der Waals surface area contributed by atoms with Crippen LogP contribution in [-0.2, 0) is 4.79 Å². The van der Waals surface area contributed by atoms with E-state index in [2.05, 4.69) is 10.3 Å². The highest BCUT2D eigenvalue weighted by atomic mass is 16.4. The molecule has 1 unspecified atom stereocenters. The Bertz CT molecular complexity index is 500. The highest BCUT2D eigenvalue weighted by Crippen LogP contribution is 2.16. The summed E-state index contributed by atoms with van der Waals surface area (Å²) in [7, 11) is 0. The number of amides is 1.